The van der Waals surface area contributed by atoms with E-state index in [1.54, 1.807) is 71.9 Å². The summed E-state index contributed by atoms with van der Waals surface area (Å²) in [5.74, 6) is 0.205. The maximum Gasteiger partial charge on any atom is 0.259 e. The average Bonchev–Trinajstić information content (AvgIpc) is 3.49. The molecular formula is C22H26N4O4S2. The number of nitrogens with one attached hydrogen (secondary N) is 4. The minimum atomic E-state index is -0.641. The molecule has 0 heterocycles. The van der Waals surface area contributed by atoms with Crippen LogP contribution < -0.4 is 21.3 Å². The summed E-state index contributed by atoms with van der Waals surface area (Å²) < 4.78 is 0. The fraction of sp³-hybridized carbons (Fsp3) is 0.364. The number of carbonyl (C=O) groups excluding carboxylic acids is 4. The molecule has 0 unspecified atom stereocenters. The lowest BCUT2D eigenvalue weighted by molar-refractivity contribution is -0.126. The van der Waals surface area contributed by atoms with Gasteiger partial charge in [0, 0.05) is 24.6 Å². The summed E-state index contributed by atoms with van der Waals surface area (Å²) in [5, 5.41) is 10.8. The zero-order chi connectivity index (χ0) is 23.3. The SMILES string of the molecule is C[C@H](NC(=O)C1=C=CC=C1)C(=O)NCCSSCCNC(=O)[C@H](C)NC(=O)C1=C=CC=C1. The van der Waals surface area contributed by atoms with E-state index in [1.807, 2.05) is 0 Å². The lowest BCUT2D eigenvalue weighted by Crippen LogP contribution is -2.45. The molecule has 0 radical (unpaired) electrons. The Morgan fingerprint density at radius 2 is 1.19 bits per heavy atom. The summed E-state index contributed by atoms with van der Waals surface area (Å²) >= 11 is 0. The molecule has 32 heavy (non-hydrogen) atoms. The molecule has 4 amide bonds. The minimum Gasteiger partial charge on any atom is -0.353 e. The second-order valence-corrected chi connectivity index (χ2v) is 9.49. The van der Waals surface area contributed by atoms with E-state index < -0.39 is 12.1 Å². The van der Waals surface area contributed by atoms with Crippen LogP contribution in [0.1, 0.15) is 13.8 Å². The van der Waals surface area contributed by atoms with Crippen molar-refractivity contribution < 1.29 is 19.2 Å². The molecule has 0 fully saturated rings. The molecule has 0 aromatic carbocycles. The normalized spacial score (nSPS) is 15.1. The zero-order valence-corrected chi connectivity index (χ0v) is 19.5. The Bertz CT molecular complexity index is 866. The minimum absolute atomic E-state index is 0.252. The molecule has 0 saturated carbocycles. The van der Waals surface area contributed by atoms with Crippen molar-refractivity contribution in [3.63, 3.8) is 0 Å². The van der Waals surface area contributed by atoms with Crippen molar-refractivity contribution in [2.75, 3.05) is 24.6 Å². The van der Waals surface area contributed by atoms with Gasteiger partial charge in [-0.3, -0.25) is 19.2 Å². The Morgan fingerprint density at radius 3 is 1.53 bits per heavy atom. The molecular weight excluding hydrogens is 448 g/mol. The first-order valence-corrected chi connectivity index (χ1v) is 12.6. The standard InChI is InChI=1S/C22H26N4O4S2/c1-15(25-21(29)17-7-3-4-8-17)19(27)23-11-13-31-32-14-12-24-20(28)16(2)26-22(30)18-9-5-6-10-18/h3-7,9,15-16H,11-14H2,1-2H3,(H,23,27)(H,24,28)(H,25,29)(H,26,30)/t15-,16-/m0/s1. The molecule has 0 aliphatic heterocycles. The van der Waals surface area contributed by atoms with Crippen LogP contribution in [0.4, 0.5) is 0 Å². The third kappa shape index (κ3) is 8.69. The first-order valence-electron chi connectivity index (χ1n) is 10.1. The lowest BCUT2D eigenvalue weighted by Gasteiger charge is -2.14. The Balaban J connectivity index is 1.48. The van der Waals surface area contributed by atoms with Crippen molar-refractivity contribution in [2.45, 2.75) is 25.9 Å². The molecule has 8 nitrogen and oxygen atoms in total. The Kier molecular flexibility index (Phi) is 10.7. The summed E-state index contributed by atoms with van der Waals surface area (Å²) in [6.45, 7) is 4.19. The molecule has 0 bridgehead atoms. The maximum absolute atomic E-state index is 12.0. The van der Waals surface area contributed by atoms with Crippen molar-refractivity contribution in [1.29, 1.82) is 0 Å². The van der Waals surface area contributed by atoms with E-state index in [1.165, 1.54) is 0 Å². The van der Waals surface area contributed by atoms with Crippen LogP contribution in [-0.4, -0.2) is 60.3 Å². The molecule has 2 atom stereocenters. The van der Waals surface area contributed by atoms with Gasteiger partial charge >= 0.3 is 0 Å². The van der Waals surface area contributed by atoms with Gasteiger partial charge in [-0.15, -0.1) is 11.5 Å². The second kappa shape index (κ2) is 13.5. The van der Waals surface area contributed by atoms with E-state index in [9.17, 15) is 19.2 Å². The summed E-state index contributed by atoms with van der Waals surface area (Å²) in [7, 11) is 3.14. The Hall–Kier alpha value is -2.90. The molecule has 2 aliphatic carbocycles. The maximum atomic E-state index is 12.0. The van der Waals surface area contributed by atoms with Gasteiger partial charge in [0.25, 0.3) is 11.8 Å². The van der Waals surface area contributed by atoms with Gasteiger partial charge < -0.3 is 21.3 Å². The summed E-state index contributed by atoms with van der Waals surface area (Å²) in [6.07, 6.45) is 9.98. The van der Waals surface area contributed by atoms with Gasteiger partial charge in [0.05, 0.1) is 11.1 Å². The van der Waals surface area contributed by atoms with Crippen LogP contribution >= 0.6 is 21.6 Å². The predicted molar refractivity (Wildman–Crippen MR) is 128 cm³/mol. The molecule has 0 aromatic rings. The summed E-state index contributed by atoms with van der Waals surface area (Å²) in [4.78, 5) is 47.9. The van der Waals surface area contributed by atoms with E-state index in [0.29, 0.717) is 35.7 Å². The van der Waals surface area contributed by atoms with E-state index in [4.69, 9.17) is 0 Å². The number of hydrogen-bond acceptors (Lipinski definition) is 6. The first-order chi connectivity index (χ1) is 15.4. The number of rotatable bonds is 13. The van der Waals surface area contributed by atoms with Crippen molar-refractivity contribution in [2.24, 2.45) is 0 Å². The number of amides is 4. The molecule has 0 spiro atoms. The smallest absolute Gasteiger partial charge is 0.259 e. The van der Waals surface area contributed by atoms with E-state index >= 15 is 0 Å². The largest absolute Gasteiger partial charge is 0.353 e. The lowest BCUT2D eigenvalue weighted by atomic mass is 10.2. The van der Waals surface area contributed by atoms with Crippen LogP contribution in [0.5, 0.6) is 0 Å². The summed E-state index contributed by atoms with van der Waals surface area (Å²) in [5.41, 5.74) is 6.39. The number of allylic oxidation sites excluding steroid dienone is 2. The first kappa shape index (κ1) is 25.4. The second-order valence-electron chi connectivity index (χ2n) is 6.78. The van der Waals surface area contributed by atoms with Crippen molar-refractivity contribution in [3.05, 3.63) is 59.1 Å². The van der Waals surface area contributed by atoms with Crippen molar-refractivity contribution in [3.8, 4) is 0 Å². The molecule has 170 valence electrons. The highest BCUT2D eigenvalue weighted by atomic mass is 33.1. The monoisotopic (exact) mass is 474 g/mol. The zero-order valence-electron chi connectivity index (χ0n) is 17.9. The van der Waals surface area contributed by atoms with Gasteiger partial charge in [0.2, 0.25) is 11.8 Å². The van der Waals surface area contributed by atoms with Gasteiger partial charge in [0.15, 0.2) is 0 Å². The van der Waals surface area contributed by atoms with Crippen LogP contribution in [-0.2, 0) is 19.2 Å². The predicted octanol–water partition coefficient (Wildman–Crippen LogP) is 0.912. The highest BCUT2D eigenvalue weighted by molar-refractivity contribution is 8.76. The van der Waals surface area contributed by atoms with Crippen LogP contribution in [0.15, 0.2) is 59.1 Å². The molecule has 0 saturated heterocycles. The van der Waals surface area contributed by atoms with Crippen LogP contribution in [0.2, 0.25) is 0 Å². The van der Waals surface area contributed by atoms with E-state index in [-0.39, 0.29) is 23.6 Å². The molecule has 10 heteroatoms. The fourth-order valence-electron chi connectivity index (χ4n) is 2.48. The Morgan fingerprint density at radius 1 is 0.781 bits per heavy atom. The van der Waals surface area contributed by atoms with Gasteiger partial charge in [-0.2, -0.15) is 0 Å². The topological polar surface area (TPSA) is 116 Å². The highest BCUT2D eigenvalue weighted by Gasteiger charge is 2.18. The van der Waals surface area contributed by atoms with Gasteiger partial charge in [-0.25, -0.2) is 0 Å². The fourth-order valence-corrected chi connectivity index (χ4v) is 4.29. The highest BCUT2D eigenvalue weighted by Crippen LogP contribution is 2.19. The Labute approximate surface area is 195 Å². The number of hydrogen-bond donors (Lipinski definition) is 4. The van der Waals surface area contributed by atoms with E-state index in [2.05, 4.69) is 32.7 Å². The molecule has 2 rings (SSSR count). The van der Waals surface area contributed by atoms with Crippen molar-refractivity contribution in [1.82, 2.24) is 21.3 Å². The third-order valence-electron chi connectivity index (χ3n) is 4.22. The van der Waals surface area contributed by atoms with Gasteiger partial charge in [0.1, 0.15) is 12.1 Å². The molecule has 0 aromatic heterocycles. The van der Waals surface area contributed by atoms with Crippen LogP contribution in [0.3, 0.4) is 0 Å². The molecule has 4 N–H and O–H groups in total. The van der Waals surface area contributed by atoms with Gasteiger partial charge in [-0.1, -0.05) is 33.7 Å². The van der Waals surface area contributed by atoms with E-state index in [0.717, 1.165) is 0 Å². The average molecular weight is 475 g/mol. The van der Waals surface area contributed by atoms with Crippen LogP contribution in [0.25, 0.3) is 0 Å². The molecule has 2 aliphatic rings. The van der Waals surface area contributed by atoms with Gasteiger partial charge in [-0.05, 0) is 38.2 Å². The third-order valence-corrected chi connectivity index (χ3v) is 6.63. The van der Waals surface area contributed by atoms with Crippen LogP contribution in [0, 0.1) is 0 Å². The van der Waals surface area contributed by atoms with Crippen molar-refractivity contribution >= 4 is 45.2 Å². The quantitative estimate of drug-likeness (QED) is 0.179. The summed E-state index contributed by atoms with van der Waals surface area (Å²) in [6, 6.07) is -1.28. The number of carbonyl (C=O) groups is 4.